The van der Waals surface area contributed by atoms with E-state index in [1.807, 2.05) is 18.2 Å². The van der Waals surface area contributed by atoms with Crippen LogP contribution in [0.5, 0.6) is 0 Å². The Balaban J connectivity index is 3.02. The van der Waals surface area contributed by atoms with Gasteiger partial charge in [-0.2, -0.15) is 0 Å². The molecule has 0 heterocycles. The zero-order chi connectivity index (χ0) is 9.68. The molecule has 0 aliphatic heterocycles. The first-order valence-corrected chi connectivity index (χ1v) is 4.23. The summed E-state index contributed by atoms with van der Waals surface area (Å²) in [4.78, 5) is 10.4. The number of amides is 1. The second-order valence-electron chi connectivity index (χ2n) is 2.41. The number of primary amides is 1. The summed E-state index contributed by atoms with van der Waals surface area (Å²) < 4.78 is 0. The van der Waals surface area contributed by atoms with Crippen LogP contribution in [0.3, 0.4) is 0 Å². The Labute approximate surface area is 81.7 Å². The minimum absolute atomic E-state index is 0.379. The molecule has 0 saturated heterocycles. The standard InChI is InChI=1S/C10H8ClNO/c11-7-9-4-2-1-3-8(9)5-6-10(12)13/h1-4H,7H2,(H2,12,13). The Morgan fingerprint density at radius 2 is 2.15 bits per heavy atom. The third kappa shape index (κ3) is 2.81. The lowest BCUT2D eigenvalue weighted by molar-refractivity contribution is -0.112. The van der Waals surface area contributed by atoms with E-state index in [2.05, 4.69) is 11.8 Å². The number of rotatable bonds is 1. The second kappa shape index (κ2) is 4.54. The summed E-state index contributed by atoms with van der Waals surface area (Å²) >= 11 is 5.66. The van der Waals surface area contributed by atoms with Crippen LogP contribution in [0.15, 0.2) is 24.3 Å². The molecule has 0 aromatic heterocycles. The third-order valence-corrected chi connectivity index (χ3v) is 1.77. The van der Waals surface area contributed by atoms with Gasteiger partial charge in [0.2, 0.25) is 0 Å². The van der Waals surface area contributed by atoms with Crippen LogP contribution in [0, 0.1) is 11.8 Å². The predicted molar refractivity (Wildman–Crippen MR) is 52.1 cm³/mol. The molecule has 0 spiro atoms. The quantitative estimate of drug-likeness (QED) is 0.530. The number of carbonyl (C=O) groups is 1. The van der Waals surface area contributed by atoms with Gasteiger partial charge < -0.3 is 5.73 Å². The largest absolute Gasteiger partial charge is 0.359 e. The molecule has 66 valence electrons. The number of hydrogen-bond donors (Lipinski definition) is 1. The van der Waals surface area contributed by atoms with Crippen molar-refractivity contribution in [2.24, 2.45) is 5.73 Å². The van der Waals surface area contributed by atoms with Gasteiger partial charge in [0.1, 0.15) is 0 Å². The van der Waals surface area contributed by atoms with E-state index in [0.29, 0.717) is 5.88 Å². The van der Waals surface area contributed by atoms with Crippen LogP contribution in [-0.4, -0.2) is 5.91 Å². The predicted octanol–water partition coefficient (Wildman–Crippen LogP) is 1.26. The molecule has 0 radical (unpaired) electrons. The number of benzene rings is 1. The van der Waals surface area contributed by atoms with Crippen molar-refractivity contribution in [1.29, 1.82) is 0 Å². The van der Waals surface area contributed by atoms with Crippen molar-refractivity contribution in [1.82, 2.24) is 0 Å². The molecule has 0 aliphatic carbocycles. The van der Waals surface area contributed by atoms with E-state index in [-0.39, 0.29) is 0 Å². The van der Waals surface area contributed by atoms with Crippen LogP contribution in [0.25, 0.3) is 0 Å². The molecule has 1 amide bonds. The van der Waals surface area contributed by atoms with Crippen molar-refractivity contribution in [3.8, 4) is 11.8 Å². The van der Waals surface area contributed by atoms with Crippen LogP contribution < -0.4 is 5.73 Å². The number of nitrogens with two attached hydrogens (primary N) is 1. The molecule has 3 heteroatoms. The summed E-state index contributed by atoms with van der Waals surface area (Å²) in [6, 6.07) is 7.36. The molecule has 0 fully saturated rings. The van der Waals surface area contributed by atoms with Gasteiger partial charge in [0.05, 0.1) is 0 Å². The Morgan fingerprint density at radius 3 is 2.77 bits per heavy atom. The molecule has 13 heavy (non-hydrogen) atoms. The maximum atomic E-state index is 10.4. The van der Waals surface area contributed by atoms with Gasteiger partial charge in [-0.1, -0.05) is 24.1 Å². The van der Waals surface area contributed by atoms with Crippen molar-refractivity contribution in [3.63, 3.8) is 0 Å². The fourth-order valence-corrected chi connectivity index (χ4v) is 1.12. The maximum Gasteiger partial charge on any atom is 0.293 e. The molecule has 2 nitrogen and oxygen atoms in total. The lowest BCUT2D eigenvalue weighted by Gasteiger charge is -1.97. The highest BCUT2D eigenvalue weighted by atomic mass is 35.5. The van der Waals surface area contributed by atoms with Crippen LogP contribution in [0.2, 0.25) is 0 Å². The molecule has 0 unspecified atom stereocenters. The zero-order valence-electron chi connectivity index (χ0n) is 6.88. The average molecular weight is 194 g/mol. The van der Waals surface area contributed by atoms with Crippen molar-refractivity contribution in [3.05, 3.63) is 35.4 Å². The summed E-state index contributed by atoms with van der Waals surface area (Å²) in [5.41, 5.74) is 6.53. The fraction of sp³-hybridized carbons (Fsp3) is 0.100. The highest BCUT2D eigenvalue weighted by molar-refractivity contribution is 6.17. The lowest BCUT2D eigenvalue weighted by atomic mass is 10.1. The minimum atomic E-state index is -0.635. The molecule has 0 aliphatic rings. The fourth-order valence-electron chi connectivity index (χ4n) is 0.888. The van der Waals surface area contributed by atoms with Crippen LogP contribution in [0.1, 0.15) is 11.1 Å². The maximum absolute atomic E-state index is 10.4. The van der Waals surface area contributed by atoms with Gasteiger partial charge in [-0.25, -0.2) is 0 Å². The zero-order valence-corrected chi connectivity index (χ0v) is 7.64. The Kier molecular flexibility index (Phi) is 3.36. The monoisotopic (exact) mass is 193 g/mol. The molecule has 0 bridgehead atoms. The van der Waals surface area contributed by atoms with Crippen molar-refractivity contribution >= 4 is 17.5 Å². The highest BCUT2D eigenvalue weighted by Gasteiger charge is 1.95. The Bertz CT molecular complexity index is 376. The first kappa shape index (κ1) is 9.63. The first-order valence-electron chi connectivity index (χ1n) is 3.69. The van der Waals surface area contributed by atoms with Crippen molar-refractivity contribution in [2.75, 3.05) is 0 Å². The molecule has 1 rings (SSSR count). The Morgan fingerprint density at radius 1 is 1.46 bits per heavy atom. The van der Waals surface area contributed by atoms with Gasteiger partial charge in [0, 0.05) is 11.4 Å². The molecule has 2 N–H and O–H groups in total. The molecule has 0 saturated carbocycles. The van der Waals surface area contributed by atoms with Gasteiger partial charge in [0.15, 0.2) is 0 Å². The third-order valence-electron chi connectivity index (χ3n) is 1.48. The number of carbonyl (C=O) groups excluding carboxylic acids is 1. The van der Waals surface area contributed by atoms with Crippen LogP contribution >= 0.6 is 11.6 Å². The molecular formula is C10H8ClNO. The summed E-state index contributed by atoms with van der Waals surface area (Å²) in [6.45, 7) is 0. The first-order chi connectivity index (χ1) is 6.24. The highest BCUT2D eigenvalue weighted by Crippen LogP contribution is 2.09. The number of hydrogen-bond acceptors (Lipinski definition) is 1. The van der Waals surface area contributed by atoms with E-state index in [4.69, 9.17) is 17.3 Å². The molecule has 1 aromatic rings. The van der Waals surface area contributed by atoms with E-state index in [9.17, 15) is 4.79 Å². The summed E-state index contributed by atoms with van der Waals surface area (Å²) in [5, 5.41) is 0. The van der Waals surface area contributed by atoms with Crippen LogP contribution in [-0.2, 0) is 10.7 Å². The summed E-state index contributed by atoms with van der Waals surface area (Å²) in [6.07, 6.45) is 0. The van der Waals surface area contributed by atoms with E-state index in [1.54, 1.807) is 6.07 Å². The smallest absolute Gasteiger partial charge is 0.293 e. The molecule has 1 aromatic carbocycles. The van der Waals surface area contributed by atoms with Gasteiger partial charge in [-0.05, 0) is 17.6 Å². The lowest BCUT2D eigenvalue weighted by Crippen LogP contribution is -2.06. The Hall–Kier alpha value is -1.46. The van der Waals surface area contributed by atoms with Crippen molar-refractivity contribution < 1.29 is 4.79 Å². The summed E-state index contributed by atoms with van der Waals surface area (Å²) in [5.74, 6) is 4.67. The minimum Gasteiger partial charge on any atom is -0.359 e. The number of alkyl halides is 1. The van der Waals surface area contributed by atoms with E-state index < -0.39 is 5.91 Å². The van der Waals surface area contributed by atoms with E-state index in [1.165, 1.54) is 0 Å². The SMILES string of the molecule is NC(=O)C#Cc1ccccc1CCl. The van der Waals surface area contributed by atoms with Gasteiger partial charge in [-0.3, -0.25) is 4.79 Å². The number of halogens is 1. The van der Waals surface area contributed by atoms with Gasteiger partial charge >= 0.3 is 0 Å². The van der Waals surface area contributed by atoms with E-state index >= 15 is 0 Å². The normalized spacial score (nSPS) is 8.69. The topological polar surface area (TPSA) is 43.1 Å². The molecule has 0 atom stereocenters. The van der Waals surface area contributed by atoms with Crippen molar-refractivity contribution in [2.45, 2.75) is 5.88 Å². The van der Waals surface area contributed by atoms with Crippen LogP contribution in [0.4, 0.5) is 0 Å². The molecular weight excluding hydrogens is 186 g/mol. The van der Waals surface area contributed by atoms with Gasteiger partial charge in [-0.15, -0.1) is 11.6 Å². The van der Waals surface area contributed by atoms with E-state index in [0.717, 1.165) is 11.1 Å². The average Bonchev–Trinajstić information content (AvgIpc) is 2.15. The second-order valence-corrected chi connectivity index (χ2v) is 2.67. The summed E-state index contributed by atoms with van der Waals surface area (Å²) in [7, 11) is 0. The van der Waals surface area contributed by atoms with Gasteiger partial charge in [0.25, 0.3) is 5.91 Å².